The number of rotatable bonds is 4. The molecular weight excluding hydrogens is 254 g/mol. The van der Waals surface area contributed by atoms with Crippen LogP contribution in [0, 0.1) is 21.4 Å². The Kier molecular flexibility index (Phi) is 3.78. The van der Waals surface area contributed by atoms with Gasteiger partial charge in [-0.15, -0.1) is 0 Å². The Balaban J connectivity index is 2.13. The number of hydrogen-bond acceptors (Lipinski definition) is 5. The van der Waals surface area contributed by atoms with Crippen molar-refractivity contribution in [2.24, 2.45) is 11.3 Å². The van der Waals surface area contributed by atoms with E-state index >= 15 is 0 Å². The maximum Gasteiger partial charge on any atom is 0.307 e. The van der Waals surface area contributed by atoms with Crippen molar-refractivity contribution in [3.8, 4) is 0 Å². The molecule has 1 aliphatic carbocycles. The lowest BCUT2D eigenvalue weighted by Crippen LogP contribution is -2.47. The van der Waals surface area contributed by atoms with E-state index in [2.05, 4.69) is 0 Å². The molecule has 1 aliphatic heterocycles. The Morgan fingerprint density at radius 3 is 2.26 bits per heavy atom. The minimum Gasteiger partial charge on any atom is -0.481 e. The Morgan fingerprint density at radius 1 is 1.32 bits per heavy atom. The molecule has 0 aromatic rings. The van der Waals surface area contributed by atoms with E-state index in [4.69, 9.17) is 9.47 Å². The Bertz CT molecular complexity index is 366. The third-order valence-electron chi connectivity index (χ3n) is 4.55. The summed E-state index contributed by atoms with van der Waals surface area (Å²) < 4.78 is 11.2. The third kappa shape index (κ3) is 2.71. The highest BCUT2D eigenvalue weighted by Gasteiger charge is 2.52. The van der Waals surface area contributed by atoms with E-state index in [0.717, 1.165) is 0 Å². The van der Waals surface area contributed by atoms with Crippen molar-refractivity contribution in [1.29, 1.82) is 0 Å². The topological polar surface area (TPSA) is 98.9 Å². The van der Waals surface area contributed by atoms with Crippen molar-refractivity contribution in [3.63, 3.8) is 0 Å². The van der Waals surface area contributed by atoms with Gasteiger partial charge in [-0.2, -0.15) is 0 Å². The summed E-state index contributed by atoms with van der Waals surface area (Å²) in [6.07, 6.45) is 1.94. The normalized spacial score (nSPS) is 26.2. The van der Waals surface area contributed by atoms with E-state index in [1.807, 2.05) is 0 Å². The summed E-state index contributed by atoms with van der Waals surface area (Å²) in [4.78, 5) is 21.7. The summed E-state index contributed by atoms with van der Waals surface area (Å²) in [5, 5.41) is 20.0. The van der Waals surface area contributed by atoms with Gasteiger partial charge in [0.05, 0.1) is 19.1 Å². The fraction of sp³-hybridized carbons (Fsp3) is 0.917. The molecule has 2 fully saturated rings. The molecule has 1 unspecified atom stereocenters. The number of nitrogens with zero attached hydrogens (tertiary/aromatic N) is 1. The number of carboxylic acid groups (broad SMARTS) is 1. The number of ether oxygens (including phenoxy) is 2. The zero-order valence-corrected chi connectivity index (χ0v) is 11.0. The van der Waals surface area contributed by atoms with Gasteiger partial charge in [-0.3, -0.25) is 14.9 Å². The minimum absolute atomic E-state index is 0.309. The Morgan fingerprint density at radius 2 is 1.84 bits per heavy atom. The van der Waals surface area contributed by atoms with Gasteiger partial charge in [0, 0.05) is 23.2 Å². The van der Waals surface area contributed by atoms with Gasteiger partial charge in [0.1, 0.15) is 0 Å². The number of nitro groups is 1. The van der Waals surface area contributed by atoms with Crippen LogP contribution in [-0.4, -0.2) is 41.5 Å². The average molecular weight is 273 g/mol. The molecule has 7 nitrogen and oxygen atoms in total. The predicted octanol–water partition coefficient (Wildman–Crippen LogP) is 1.29. The smallest absolute Gasteiger partial charge is 0.307 e. The van der Waals surface area contributed by atoms with Crippen molar-refractivity contribution in [2.75, 3.05) is 19.8 Å². The fourth-order valence-corrected chi connectivity index (χ4v) is 3.16. The highest BCUT2D eigenvalue weighted by molar-refractivity contribution is 5.70. The first kappa shape index (κ1) is 14.2. The van der Waals surface area contributed by atoms with Crippen LogP contribution < -0.4 is 0 Å². The van der Waals surface area contributed by atoms with E-state index in [0.29, 0.717) is 38.9 Å². The molecule has 1 spiro atoms. The van der Waals surface area contributed by atoms with Gasteiger partial charge in [-0.05, 0) is 12.8 Å². The zero-order chi connectivity index (χ0) is 14.1. The second-order valence-corrected chi connectivity index (χ2v) is 5.52. The molecular formula is C12H19NO6. The third-order valence-corrected chi connectivity index (χ3v) is 4.55. The summed E-state index contributed by atoms with van der Waals surface area (Å²) in [5.74, 6) is -2.35. The van der Waals surface area contributed by atoms with E-state index in [9.17, 15) is 20.0 Å². The Labute approximate surface area is 111 Å². The minimum atomic E-state index is -0.981. The summed E-state index contributed by atoms with van der Waals surface area (Å²) in [6.45, 7) is 2.32. The van der Waals surface area contributed by atoms with Crippen LogP contribution in [0.3, 0.4) is 0 Å². The quantitative estimate of drug-likeness (QED) is 0.612. The SMILES string of the molecule is CC(C(=O)O)C1(C[N+](=O)[O-])CCC2(CC1)OCCO2. The summed E-state index contributed by atoms with van der Waals surface area (Å²) >= 11 is 0. The molecule has 1 N–H and O–H groups in total. The molecule has 108 valence electrons. The van der Waals surface area contributed by atoms with Crippen LogP contribution in [0.5, 0.6) is 0 Å². The molecule has 0 aromatic heterocycles. The van der Waals surface area contributed by atoms with Crippen molar-refractivity contribution >= 4 is 5.97 Å². The van der Waals surface area contributed by atoms with Crippen molar-refractivity contribution in [3.05, 3.63) is 10.1 Å². The van der Waals surface area contributed by atoms with Gasteiger partial charge < -0.3 is 14.6 Å². The lowest BCUT2D eigenvalue weighted by molar-refractivity contribution is -0.502. The van der Waals surface area contributed by atoms with Crippen molar-refractivity contribution in [2.45, 2.75) is 38.4 Å². The number of hydrogen-bond donors (Lipinski definition) is 1. The first-order chi connectivity index (χ1) is 8.89. The van der Waals surface area contributed by atoms with Crippen LogP contribution in [-0.2, 0) is 14.3 Å². The van der Waals surface area contributed by atoms with Gasteiger partial charge in [0.25, 0.3) is 0 Å². The molecule has 1 atom stereocenters. The largest absolute Gasteiger partial charge is 0.481 e. The van der Waals surface area contributed by atoms with E-state index in [1.165, 1.54) is 0 Å². The molecule has 2 aliphatic rings. The van der Waals surface area contributed by atoms with Crippen LogP contribution in [0.4, 0.5) is 0 Å². The highest BCUT2D eigenvalue weighted by atomic mass is 16.7. The second kappa shape index (κ2) is 5.05. The van der Waals surface area contributed by atoms with Gasteiger partial charge in [-0.1, -0.05) is 6.92 Å². The Hall–Kier alpha value is -1.21. The predicted molar refractivity (Wildman–Crippen MR) is 64.2 cm³/mol. The second-order valence-electron chi connectivity index (χ2n) is 5.52. The first-order valence-electron chi connectivity index (χ1n) is 6.52. The molecule has 1 heterocycles. The van der Waals surface area contributed by atoms with Crippen LogP contribution in [0.25, 0.3) is 0 Å². The van der Waals surface area contributed by atoms with Crippen molar-refractivity contribution in [1.82, 2.24) is 0 Å². The van der Waals surface area contributed by atoms with Gasteiger partial charge >= 0.3 is 5.97 Å². The van der Waals surface area contributed by atoms with Gasteiger partial charge in [-0.25, -0.2) is 0 Å². The lowest BCUT2D eigenvalue weighted by Gasteiger charge is -2.43. The lowest BCUT2D eigenvalue weighted by atomic mass is 9.65. The maximum absolute atomic E-state index is 11.2. The number of carboxylic acids is 1. The maximum atomic E-state index is 11.2. The number of carbonyl (C=O) groups is 1. The van der Waals surface area contributed by atoms with Crippen LogP contribution in [0.15, 0.2) is 0 Å². The molecule has 0 bridgehead atoms. The summed E-state index contributed by atoms with van der Waals surface area (Å²) in [6, 6.07) is 0. The fourth-order valence-electron chi connectivity index (χ4n) is 3.16. The van der Waals surface area contributed by atoms with Gasteiger partial charge in [0.2, 0.25) is 6.54 Å². The molecule has 0 aromatic carbocycles. The summed E-state index contributed by atoms with van der Waals surface area (Å²) in [7, 11) is 0. The van der Waals surface area contributed by atoms with Gasteiger partial charge in [0.15, 0.2) is 5.79 Å². The number of aliphatic carboxylic acids is 1. The van der Waals surface area contributed by atoms with E-state index < -0.39 is 28.0 Å². The molecule has 0 radical (unpaired) electrons. The van der Waals surface area contributed by atoms with Crippen LogP contribution in [0.1, 0.15) is 32.6 Å². The van der Waals surface area contributed by atoms with E-state index in [-0.39, 0.29) is 6.54 Å². The van der Waals surface area contributed by atoms with Crippen LogP contribution in [0.2, 0.25) is 0 Å². The highest BCUT2D eigenvalue weighted by Crippen LogP contribution is 2.48. The monoisotopic (exact) mass is 273 g/mol. The van der Waals surface area contributed by atoms with Crippen LogP contribution >= 0.6 is 0 Å². The molecule has 1 saturated carbocycles. The first-order valence-corrected chi connectivity index (χ1v) is 6.52. The molecule has 0 amide bonds. The molecule has 2 rings (SSSR count). The average Bonchev–Trinajstić information content (AvgIpc) is 2.80. The molecule has 7 heteroatoms. The molecule has 1 saturated heterocycles. The standard InChI is InChI=1S/C12H19NO6/c1-9(10(14)15)11(8-13(16)17)2-4-12(5-3-11)18-6-7-19-12/h9H,2-8H2,1H3,(H,14,15). The summed E-state index contributed by atoms with van der Waals surface area (Å²) in [5.41, 5.74) is -0.796. The zero-order valence-electron chi connectivity index (χ0n) is 11.0. The molecule has 19 heavy (non-hydrogen) atoms. The van der Waals surface area contributed by atoms with Crippen molar-refractivity contribution < 1.29 is 24.3 Å². The van der Waals surface area contributed by atoms with E-state index in [1.54, 1.807) is 6.92 Å².